The summed E-state index contributed by atoms with van der Waals surface area (Å²) in [4.78, 5) is 8.75. The molecular weight excluding hydrogens is 314 g/mol. The molecule has 0 atom stereocenters. The second-order valence-electron chi connectivity index (χ2n) is 5.55. The van der Waals surface area contributed by atoms with Gasteiger partial charge in [0.25, 0.3) is 0 Å². The number of para-hydroxylation sites is 1. The number of pyridine rings is 1. The fraction of sp³-hybridized carbons (Fsp3) is 0.105. The predicted octanol–water partition coefficient (Wildman–Crippen LogP) is 3.41. The van der Waals surface area contributed by atoms with Crippen LogP contribution >= 0.6 is 0 Å². The van der Waals surface area contributed by atoms with E-state index in [0.717, 1.165) is 33.9 Å². The Morgan fingerprint density at radius 1 is 1.04 bits per heavy atom. The van der Waals surface area contributed by atoms with Crippen LogP contribution in [0.1, 0.15) is 5.56 Å². The molecular formula is C19H17N5O. The van der Waals surface area contributed by atoms with Crippen molar-refractivity contribution in [2.75, 3.05) is 12.4 Å². The number of aromatic nitrogens is 4. The van der Waals surface area contributed by atoms with Crippen LogP contribution in [0.15, 0.2) is 67.3 Å². The molecule has 4 rings (SSSR count). The standard InChI is InChI=1S/C19H17N5O/c1-25-17-5-3-2-4-15(17)16-13-22-24-11-8-18(23-19(16)24)21-12-14-6-9-20-10-7-14/h2-11,13H,12H2,1H3,(H,21,23). The summed E-state index contributed by atoms with van der Waals surface area (Å²) in [7, 11) is 1.67. The minimum absolute atomic E-state index is 0.684. The molecule has 0 bridgehead atoms. The molecule has 0 spiro atoms. The van der Waals surface area contributed by atoms with Crippen LogP contribution in [0.3, 0.4) is 0 Å². The lowest BCUT2D eigenvalue weighted by molar-refractivity contribution is 0.416. The smallest absolute Gasteiger partial charge is 0.165 e. The molecule has 0 saturated carbocycles. The van der Waals surface area contributed by atoms with Crippen molar-refractivity contribution < 1.29 is 4.74 Å². The van der Waals surface area contributed by atoms with Gasteiger partial charge in [0.15, 0.2) is 5.65 Å². The Balaban J connectivity index is 1.68. The van der Waals surface area contributed by atoms with Gasteiger partial charge in [-0.3, -0.25) is 4.98 Å². The highest BCUT2D eigenvalue weighted by Gasteiger charge is 2.12. The summed E-state index contributed by atoms with van der Waals surface area (Å²) in [5, 5.41) is 7.73. The zero-order chi connectivity index (χ0) is 17.1. The molecule has 6 nitrogen and oxygen atoms in total. The van der Waals surface area contributed by atoms with Crippen molar-refractivity contribution in [2.24, 2.45) is 0 Å². The average molecular weight is 331 g/mol. The van der Waals surface area contributed by atoms with E-state index in [1.807, 2.05) is 54.9 Å². The number of methoxy groups -OCH3 is 1. The Hall–Kier alpha value is -3.41. The van der Waals surface area contributed by atoms with Crippen molar-refractivity contribution in [1.82, 2.24) is 19.6 Å². The molecule has 6 heteroatoms. The number of fused-ring (bicyclic) bond motifs is 1. The van der Waals surface area contributed by atoms with E-state index in [4.69, 9.17) is 9.72 Å². The number of rotatable bonds is 5. The predicted molar refractivity (Wildman–Crippen MR) is 96.5 cm³/mol. The number of nitrogens with one attached hydrogen (secondary N) is 1. The zero-order valence-corrected chi connectivity index (χ0v) is 13.8. The lowest BCUT2D eigenvalue weighted by Gasteiger charge is -2.08. The molecule has 25 heavy (non-hydrogen) atoms. The topological polar surface area (TPSA) is 64.3 Å². The SMILES string of the molecule is COc1ccccc1-c1cnn2ccc(NCc3ccncc3)nc12. The van der Waals surface area contributed by atoms with E-state index in [1.54, 1.807) is 24.0 Å². The molecule has 0 aliphatic heterocycles. The van der Waals surface area contributed by atoms with E-state index >= 15 is 0 Å². The number of hydrogen-bond acceptors (Lipinski definition) is 5. The van der Waals surface area contributed by atoms with Crippen LogP contribution in [0.2, 0.25) is 0 Å². The van der Waals surface area contributed by atoms with Gasteiger partial charge in [0.05, 0.1) is 18.9 Å². The lowest BCUT2D eigenvalue weighted by Crippen LogP contribution is -2.03. The maximum atomic E-state index is 5.47. The fourth-order valence-corrected chi connectivity index (χ4v) is 2.72. The highest BCUT2D eigenvalue weighted by Crippen LogP contribution is 2.32. The van der Waals surface area contributed by atoms with E-state index < -0.39 is 0 Å². The molecule has 0 amide bonds. The minimum Gasteiger partial charge on any atom is -0.496 e. The summed E-state index contributed by atoms with van der Waals surface area (Å²) in [6.45, 7) is 0.684. The summed E-state index contributed by atoms with van der Waals surface area (Å²) in [5.41, 5.74) is 3.84. The van der Waals surface area contributed by atoms with Crippen molar-refractivity contribution in [3.8, 4) is 16.9 Å². The monoisotopic (exact) mass is 331 g/mol. The van der Waals surface area contributed by atoms with Crippen LogP contribution in [0.25, 0.3) is 16.8 Å². The summed E-state index contributed by atoms with van der Waals surface area (Å²) >= 11 is 0. The second kappa shape index (κ2) is 6.60. The van der Waals surface area contributed by atoms with E-state index in [-0.39, 0.29) is 0 Å². The van der Waals surface area contributed by atoms with Gasteiger partial charge >= 0.3 is 0 Å². The van der Waals surface area contributed by atoms with Crippen LogP contribution < -0.4 is 10.1 Å². The molecule has 3 heterocycles. The summed E-state index contributed by atoms with van der Waals surface area (Å²) in [6.07, 6.45) is 7.28. The van der Waals surface area contributed by atoms with Crippen LogP contribution in [-0.4, -0.2) is 26.7 Å². The Labute approximate surface area is 145 Å². The molecule has 1 aromatic carbocycles. The van der Waals surface area contributed by atoms with E-state index in [1.165, 1.54) is 0 Å². The molecule has 0 fully saturated rings. The first-order valence-electron chi connectivity index (χ1n) is 7.96. The molecule has 124 valence electrons. The Bertz CT molecular complexity index is 997. The third-order valence-corrected chi connectivity index (χ3v) is 3.99. The van der Waals surface area contributed by atoms with Crippen LogP contribution in [0.4, 0.5) is 5.82 Å². The number of nitrogens with zero attached hydrogens (tertiary/aromatic N) is 4. The number of benzene rings is 1. The number of ether oxygens (including phenoxy) is 1. The van der Waals surface area contributed by atoms with Crippen molar-refractivity contribution in [3.05, 3.63) is 72.8 Å². The molecule has 0 aliphatic carbocycles. The van der Waals surface area contributed by atoms with Gasteiger partial charge in [0, 0.05) is 30.7 Å². The molecule has 0 unspecified atom stereocenters. The zero-order valence-electron chi connectivity index (χ0n) is 13.8. The average Bonchev–Trinajstić information content (AvgIpc) is 3.10. The van der Waals surface area contributed by atoms with Crippen LogP contribution in [0.5, 0.6) is 5.75 Å². The van der Waals surface area contributed by atoms with Gasteiger partial charge in [0.1, 0.15) is 11.6 Å². The summed E-state index contributed by atoms with van der Waals surface area (Å²) in [5.74, 6) is 1.59. The van der Waals surface area contributed by atoms with Crippen LogP contribution in [0, 0.1) is 0 Å². The summed E-state index contributed by atoms with van der Waals surface area (Å²) < 4.78 is 7.23. The first-order valence-corrected chi connectivity index (χ1v) is 7.96. The van der Waals surface area contributed by atoms with Crippen molar-refractivity contribution in [3.63, 3.8) is 0 Å². The largest absolute Gasteiger partial charge is 0.496 e. The minimum atomic E-state index is 0.684. The Morgan fingerprint density at radius 3 is 2.72 bits per heavy atom. The number of anilines is 1. The van der Waals surface area contributed by atoms with Gasteiger partial charge in [-0.1, -0.05) is 18.2 Å². The second-order valence-corrected chi connectivity index (χ2v) is 5.55. The highest BCUT2D eigenvalue weighted by atomic mass is 16.5. The van der Waals surface area contributed by atoms with E-state index in [9.17, 15) is 0 Å². The van der Waals surface area contributed by atoms with Gasteiger partial charge < -0.3 is 10.1 Å². The van der Waals surface area contributed by atoms with E-state index in [2.05, 4.69) is 15.4 Å². The summed E-state index contributed by atoms with van der Waals surface area (Å²) in [6, 6.07) is 13.7. The third-order valence-electron chi connectivity index (χ3n) is 3.99. The lowest BCUT2D eigenvalue weighted by atomic mass is 10.1. The molecule has 3 aromatic heterocycles. The molecule has 1 N–H and O–H groups in total. The molecule has 4 aromatic rings. The van der Waals surface area contributed by atoms with Crippen LogP contribution in [-0.2, 0) is 6.54 Å². The maximum absolute atomic E-state index is 5.47. The Morgan fingerprint density at radius 2 is 1.88 bits per heavy atom. The van der Waals surface area contributed by atoms with E-state index in [0.29, 0.717) is 6.54 Å². The maximum Gasteiger partial charge on any atom is 0.165 e. The van der Waals surface area contributed by atoms with Gasteiger partial charge in [-0.15, -0.1) is 0 Å². The normalized spacial score (nSPS) is 10.8. The Kier molecular flexibility index (Phi) is 4.00. The quantitative estimate of drug-likeness (QED) is 0.607. The van der Waals surface area contributed by atoms with Crippen molar-refractivity contribution in [2.45, 2.75) is 6.54 Å². The van der Waals surface area contributed by atoms with Gasteiger partial charge in [-0.2, -0.15) is 5.10 Å². The molecule has 0 aliphatic rings. The van der Waals surface area contributed by atoms with Gasteiger partial charge in [-0.25, -0.2) is 9.50 Å². The molecule has 0 saturated heterocycles. The third kappa shape index (κ3) is 3.01. The number of hydrogen-bond donors (Lipinski definition) is 1. The van der Waals surface area contributed by atoms with Crippen molar-refractivity contribution >= 4 is 11.5 Å². The molecule has 0 radical (unpaired) electrons. The fourth-order valence-electron chi connectivity index (χ4n) is 2.72. The highest BCUT2D eigenvalue weighted by molar-refractivity contribution is 5.81. The first-order chi connectivity index (χ1) is 12.3. The first kappa shape index (κ1) is 15.1. The van der Waals surface area contributed by atoms with Crippen molar-refractivity contribution in [1.29, 1.82) is 0 Å². The van der Waals surface area contributed by atoms with Gasteiger partial charge in [0.2, 0.25) is 0 Å². The van der Waals surface area contributed by atoms with Gasteiger partial charge in [-0.05, 0) is 29.8 Å².